The Balaban J connectivity index is 2.82. The highest BCUT2D eigenvalue weighted by atomic mass is 79.9. The maximum atomic E-state index is 12.2. The fourth-order valence-corrected chi connectivity index (χ4v) is 2.22. The van der Waals surface area contributed by atoms with Gasteiger partial charge in [-0.25, -0.2) is 0 Å². The summed E-state index contributed by atoms with van der Waals surface area (Å²) in [5, 5.41) is 2.93. The number of halogens is 4. The molecule has 1 N–H and O–H groups in total. The second kappa shape index (κ2) is 5.87. The molecule has 0 saturated carbocycles. The quantitative estimate of drug-likeness (QED) is 0.871. The van der Waals surface area contributed by atoms with E-state index < -0.39 is 12.6 Å². The van der Waals surface area contributed by atoms with E-state index in [1.54, 1.807) is 7.05 Å². The molecule has 5 heteroatoms. The molecule has 1 atom stereocenters. The van der Waals surface area contributed by atoms with Crippen LogP contribution in [0, 0.1) is 6.92 Å². The average molecular weight is 310 g/mol. The van der Waals surface area contributed by atoms with Gasteiger partial charge in [-0.3, -0.25) is 0 Å². The number of benzene rings is 1. The van der Waals surface area contributed by atoms with Crippen LogP contribution in [0.15, 0.2) is 22.7 Å². The molecule has 0 aliphatic heterocycles. The molecule has 0 aliphatic carbocycles. The molecule has 1 rings (SSSR count). The van der Waals surface area contributed by atoms with Crippen LogP contribution in [-0.2, 0) is 0 Å². The van der Waals surface area contributed by atoms with Crippen LogP contribution in [0.4, 0.5) is 13.2 Å². The number of nitrogens with one attached hydrogen (secondary N) is 1. The summed E-state index contributed by atoms with van der Waals surface area (Å²) in [6.07, 6.45) is -4.84. The van der Waals surface area contributed by atoms with E-state index in [1.165, 1.54) is 0 Å². The van der Waals surface area contributed by atoms with Crippen molar-refractivity contribution in [2.75, 3.05) is 7.05 Å². The van der Waals surface area contributed by atoms with Crippen LogP contribution in [0.25, 0.3) is 0 Å². The number of hydrogen-bond acceptors (Lipinski definition) is 1. The SMILES string of the molecule is CNC(CCC(F)(F)F)c1cc(C)ccc1Br. The minimum atomic E-state index is -4.11. The van der Waals surface area contributed by atoms with Crippen LogP contribution in [0.2, 0.25) is 0 Å². The summed E-state index contributed by atoms with van der Waals surface area (Å²) in [5.74, 6) is 0. The Labute approximate surface area is 108 Å². The van der Waals surface area contributed by atoms with Crippen LogP contribution in [-0.4, -0.2) is 13.2 Å². The molecule has 96 valence electrons. The van der Waals surface area contributed by atoms with Crippen LogP contribution in [0.1, 0.15) is 30.0 Å². The third-order valence-electron chi connectivity index (χ3n) is 2.59. The van der Waals surface area contributed by atoms with E-state index in [4.69, 9.17) is 0 Å². The Kier molecular flexibility index (Phi) is 5.01. The number of hydrogen-bond donors (Lipinski definition) is 1. The van der Waals surface area contributed by atoms with Crippen molar-refractivity contribution in [2.45, 2.75) is 32.0 Å². The zero-order chi connectivity index (χ0) is 13.1. The summed E-state index contributed by atoms with van der Waals surface area (Å²) >= 11 is 3.37. The molecule has 0 spiro atoms. The Hall–Kier alpha value is -0.550. The molecule has 0 radical (unpaired) electrons. The van der Waals surface area contributed by atoms with Crippen LogP contribution in [0.3, 0.4) is 0 Å². The Morgan fingerprint density at radius 3 is 2.53 bits per heavy atom. The highest BCUT2D eigenvalue weighted by Crippen LogP contribution is 2.31. The first-order valence-corrected chi connectivity index (χ1v) is 6.13. The average Bonchev–Trinajstić information content (AvgIpc) is 2.22. The van der Waals surface area contributed by atoms with Gasteiger partial charge in [-0.15, -0.1) is 0 Å². The molecule has 0 heterocycles. The van der Waals surface area contributed by atoms with Crippen molar-refractivity contribution in [3.8, 4) is 0 Å². The molecule has 0 fully saturated rings. The zero-order valence-corrected chi connectivity index (χ0v) is 11.3. The Morgan fingerprint density at radius 2 is 2.00 bits per heavy atom. The summed E-state index contributed by atoms with van der Waals surface area (Å²) in [4.78, 5) is 0. The maximum Gasteiger partial charge on any atom is 0.389 e. The van der Waals surface area contributed by atoms with Crippen molar-refractivity contribution < 1.29 is 13.2 Å². The first-order chi connectivity index (χ1) is 7.83. The fourth-order valence-electron chi connectivity index (χ4n) is 1.69. The first kappa shape index (κ1) is 14.5. The van der Waals surface area contributed by atoms with Gasteiger partial charge in [-0.05, 0) is 32.0 Å². The second-order valence-corrected chi connectivity index (χ2v) is 4.87. The van der Waals surface area contributed by atoms with Gasteiger partial charge in [0.05, 0.1) is 0 Å². The summed E-state index contributed by atoms with van der Waals surface area (Å²) in [6, 6.07) is 5.40. The Morgan fingerprint density at radius 1 is 1.35 bits per heavy atom. The molecular formula is C12H15BrF3N. The minimum Gasteiger partial charge on any atom is -0.313 e. The molecular weight excluding hydrogens is 295 g/mol. The molecule has 0 aliphatic rings. The van der Waals surface area contributed by atoms with Crippen molar-refractivity contribution in [1.29, 1.82) is 0 Å². The largest absolute Gasteiger partial charge is 0.389 e. The van der Waals surface area contributed by atoms with Gasteiger partial charge in [0.1, 0.15) is 0 Å². The van der Waals surface area contributed by atoms with E-state index in [0.29, 0.717) is 0 Å². The topological polar surface area (TPSA) is 12.0 Å². The smallest absolute Gasteiger partial charge is 0.313 e. The number of aryl methyl sites for hydroxylation is 1. The molecule has 1 aromatic rings. The molecule has 1 aromatic carbocycles. The molecule has 1 unspecified atom stereocenters. The van der Waals surface area contributed by atoms with Crippen molar-refractivity contribution in [2.24, 2.45) is 0 Å². The van der Waals surface area contributed by atoms with Gasteiger partial charge >= 0.3 is 6.18 Å². The van der Waals surface area contributed by atoms with Crippen molar-refractivity contribution in [1.82, 2.24) is 5.32 Å². The van der Waals surface area contributed by atoms with Gasteiger partial charge in [0.15, 0.2) is 0 Å². The zero-order valence-electron chi connectivity index (χ0n) is 9.74. The van der Waals surface area contributed by atoms with E-state index in [1.807, 2.05) is 25.1 Å². The van der Waals surface area contributed by atoms with E-state index in [2.05, 4.69) is 21.2 Å². The van der Waals surface area contributed by atoms with Crippen LogP contribution >= 0.6 is 15.9 Å². The van der Waals surface area contributed by atoms with Gasteiger partial charge < -0.3 is 5.32 Å². The third-order valence-corrected chi connectivity index (χ3v) is 3.31. The van der Waals surface area contributed by atoms with E-state index in [-0.39, 0.29) is 12.5 Å². The molecule has 1 nitrogen and oxygen atoms in total. The van der Waals surface area contributed by atoms with Gasteiger partial charge in [0.2, 0.25) is 0 Å². The van der Waals surface area contributed by atoms with E-state index in [9.17, 15) is 13.2 Å². The number of alkyl halides is 3. The monoisotopic (exact) mass is 309 g/mol. The summed E-state index contributed by atoms with van der Waals surface area (Å²) < 4.78 is 37.5. The summed E-state index contributed by atoms with van der Waals surface area (Å²) in [6.45, 7) is 1.92. The van der Waals surface area contributed by atoms with Gasteiger partial charge in [0.25, 0.3) is 0 Å². The van der Waals surface area contributed by atoms with E-state index >= 15 is 0 Å². The van der Waals surface area contributed by atoms with Gasteiger partial charge in [0, 0.05) is 16.9 Å². The third kappa shape index (κ3) is 4.68. The molecule has 17 heavy (non-hydrogen) atoms. The molecule has 0 amide bonds. The predicted octanol–water partition coefficient (Wildman–Crippen LogP) is 4.36. The lowest BCUT2D eigenvalue weighted by molar-refractivity contribution is -0.136. The predicted molar refractivity (Wildman–Crippen MR) is 66.0 cm³/mol. The van der Waals surface area contributed by atoms with Gasteiger partial charge in [-0.1, -0.05) is 33.6 Å². The van der Waals surface area contributed by atoms with Crippen LogP contribution in [0.5, 0.6) is 0 Å². The summed E-state index contributed by atoms with van der Waals surface area (Å²) in [5.41, 5.74) is 1.91. The second-order valence-electron chi connectivity index (χ2n) is 4.02. The lowest BCUT2D eigenvalue weighted by atomic mass is 10.0. The molecule has 0 saturated heterocycles. The molecule has 0 aromatic heterocycles. The maximum absolute atomic E-state index is 12.2. The lowest BCUT2D eigenvalue weighted by Gasteiger charge is -2.19. The van der Waals surface area contributed by atoms with Crippen molar-refractivity contribution >= 4 is 15.9 Å². The van der Waals surface area contributed by atoms with Gasteiger partial charge in [-0.2, -0.15) is 13.2 Å². The number of rotatable bonds is 4. The summed E-state index contributed by atoms with van der Waals surface area (Å²) in [7, 11) is 1.68. The Bertz CT molecular complexity index is 377. The van der Waals surface area contributed by atoms with Crippen LogP contribution < -0.4 is 5.32 Å². The fraction of sp³-hybridized carbons (Fsp3) is 0.500. The van der Waals surface area contributed by atoms with Crippen molar-refractivity contribution in [3.05, 3.63) is 33.8 Å². The highest BCUT2D eigenvalue weighted by Gasteiger charge is 2.28. The van der Waals surface area contributed by atoms with E-state index in [0.717, 1.165) is 15.6 Å². The van der Waals surface area contributed by atoms with Crippen molar-refractivity contribution in [3.63, 3.8) is 0 Å². The minimum absolute atomic E-state index is 0.0437. The highest BCUT2D eigenvalue weighted by molar-refractivity contribution is 9.10. The first-order valence-electron chi connectivity index (χ1n) is 5.33. The lowest BCUT2D eigenvalue weighted by Crippen LogP contribution is -2.20. The normalized spacial score (nSPS) is 13.8. The molecule has 0 bridgehead atoms. The standard InChI is InChI=1S/C12H15BrF3N/c1-8-3-4-10(13)9(7-8)11(17-2)5-6-12(14,15)16/h3-4,7,11,17H,5-6H2,1-2H3.